The van der Waals surface area contributed by atoms with E-state index >= 15 is 0 Å². The van der Waals surface area contributed by atoms with Gasteiger partial charge < -0.3 is 29.6 Å². The highest BCUT2D eigenvalue weighted by Crippen LogP contribution is 2.24. The molecule has 0 saturated heterocycles. The van der Waals surface area contributed by atoms with Crippen LogP contribution in [0.25, 0.3) is 11.2 Å². The summed E-state index contributed by atoms with van der Waals surface area (Å²) in [6.07, 6.45) is 4.14. The number of aryl methyl sites for hydroxylation is 2. The van der Waals surface area contributed by atoms with E-state index in [-0.39, 0.29) is 12.6 Å². The highest BCUT2D eigenvalue weighted by atomic mass is 32.2. The van der Waals surface area contributed by atoms with Gasteiger partial charge >= 0.3 is 0 Å². The van der Waals surface area contributed by atoms with Crippen molar-refractivity contribution in [1.29, 1.82) is 0 Å². The van der Waals surface area contributed by atoms with E-state index in [2.05, 4.69) is 25.3 Å². The molecule has 3 heterocycles. The Labute approximate surface area is 210 Å². The van der Waals surface area contributed by atoms with E-state index in [1.54, 1.807) is 11.7 Å². The minimum atomic E-state index is -2.32. The molecule has 1 aromatic carbocycles. The first-order valence-corrected chi connectivity index (χ1v) is 13.3. The maximum atomic E-state index is 10.8. The molecular weight excluding hydrogens is 486 g/mol. The predicted octanol–water partition coefficient (Wildman–Crippen LogP) is 3.52. The highest BCUT2D eigenvalue weighted by molar-refractivity contribution is 7.80. The number of aliphatic hydroxyl groups is 1. The molecule has 0 saturated carbocycles. The van der Waals surface area contributed by atoms with Crippen molar-refractivity contribution in [3.8, 4) is 0 Å². The molecule has 1 unspecified atom stereocenters. The van der Waals surface area contributed by atoms with Crippen LogP contribution in [-0.4, -0.2) is 46.0 Å². The van der Waals surface area contributed by atoms with Gasteiger partial charge in [-0.1, -0.05) is 37.3 Å². The molecule has 3 aromatic heterocycles. The molecule has 10 nitrogen and oxygen atoms in total. The summed E-state index contributed by atoms with van der Waals surface area (Å²) in [5, 5.41) is 18.0. The molecule has 0 spiro atoms. The Morgan fingerprint density at radius 3 is 2.83 bits per heavy atom. The fraction of sp³-hybridized carbons (Fsp3) is 0.348. The maximum absolute atomic E-state index is 10.8. The first kappa shape index (κ1) is 25.0. The van der Waals surface area contributed by atoms with Gasteiger partial charge in [0.15, 0.2) is 17.0 Å². The molecule has 0 fully saturated rings. The van der Waals surface area contributed by atoms with Crippen molar-refractivity contribution in [3.05, 3.63) is 58.5 Å². The van der Waals surface area contributed by atoms with Crippen molar-refractivity contribution in [3.63, 3.8) is 0 Å². The smallest absolute Gasteiger partial charge is 0.227 e. The number of hydrogen-bond donors (Lipinski definition) is 4. The van der Waals surface area contributed by atoms with Crippen molar-refractivity contribution >= 4 is 51.2 Å². The van der Waals surface area contributed by atoms with Gasteiger partial charge in [-0.05, 0) is 30.9 Å². The van der Waals surface area contributed by atoms with E-state index in [1.165, 1.54) is 11.3 Å². The molecule has 4 rings (SSSR count). The summed E-state index contributed by atoms with van der Waals surface area (Å²) < 4.78 is 26.0. The molecule has 2 atom stereocenters. The van der Waals surface area contributed by atoms with Crippen molar-refractivity contribution in [2.24, 2.45) is 0 Å². The van der Waals surface area contributed by atoms with E-state index < -0.39 is 11.3 Å². The number of anilines is 3. The molecule has 4 aromatic rings. The molecule has 0 radical (unpaired) electrons. The number of aromatic nitrogens is 4. The molecule has 35 heavy (non-hydrogen) atoms. The first-order valence-electron chi connectivity index (χ1n) is 11.4. The summed E-state index contributed by atoms with van der Waals surface area (Å²) in [6, 6.07) is 11.8. The molecule has 0 aliphatic carbocycles. The minimum absolute atomic E-state index is 0.0124. The van der Waals surface area contributed by atoms with Crippen LogP contribution in [0.2, 0.25) is 0 Å². The van der Waals surface area contributed by atoms with Gasteiger partial charge in [-0.3, -0.25) is 4.21 Å². The Balaban J connectivity index is 1.52. The molecule has 12 heteroatoms. The van der Waals surface area contributed by atoms with Crippen molar-refractivity contribution in [2.45, 2.75) is 45.3 Å². The van der Waals surface area contributed by atoms with E-state index in [1.807, 2.05) is 47.9 Å². The van der Waals surface area contributed by atoms with Crippen LogP contribution in [0.4, 0.5) is 17.5 Å². The van der Waals surface area contributed by atoms with E-state index in [4.69, 9.17) is 4.98 Å². The standard InChI is InChI=1S/C23H29N7O3S2/c1-2-17(13-31)26-23-27-21(24-12-16-7-4-3-5-8-16)20-22(28-23)30(15-25-20)10-6-9-19-11-18(14-34-19)29-35(32)33/h3-5,7-8,11,14-15,17,29,31H,2,6,9-10,12-13H2,1H3,(H,32,33)(H2,24,26,27,28)/p-1/t17-/m1/s1. The fourth-order valence-corrected chi connectivity index (χ4v) is 4.87. The number of hydrogen-bond acceptors (Lipinski definition) is 9. The second-order valence-electron chi connectivity index (χ2n) is 8.02. The molecule has 0 aliphatic rings. The van der Waals surface area contributed by atoms with Crippen LogP contribution >= 0.6 is 11.3 Å². The quantitative estimate of drug-likeness (QED) is 0.199. The fourth-order valence-electron chi connectivity index (χ4n) is 3.62. The molecule has 0 aliphatic heterocycles. The van der Waals surface area contributed by atoms with Crippen molar-refractivity contribution in [2.75, 3.05) is 22.0 Å². The highest BCUT2D eigenvalue weighted by Gasteiger charge is 2.15. The molecule has 4 N–H and O–H groups in total. The van der Waals surface area contributed by atoms with Gasteiger partial charge in [-0.25, -0.2) is 4.98 Å². The lowest BCUT2D eigenvalue weighted by atomic mass is 10.2. The summed E-state index contributed by atoms with van der Waals surface area (Å²) in [7, 11) is 0. The number of fused-ring (bicyclic) bond motifs is 1. The summed E-state index contributed by atoms with van der Waals surface area (Å²) >= 11 is -0.798. The van der Waals surface area contributed by atoms with Gasteiger partial charge in [0.05, 0.1) is 24.7 Å². The largest absolute Gasteiger partial charge is 0.755 e. The second-order valence-corrected chi connectivity index (χ2v) is 9.69. The number of thiophene rings is 1. The lowest BCUT2D eigenvalue weighted by Gasteiger charge is -2.15. The Morgan fingerprint density at radius 2 is 2.09 bits per heavy atom. The van der Waals surface area contributed by atoms with E-state index in [9.17, 15) is 13.9 Å². The van der Waals surface area contributed by atoms with Gasteiger partial charge in [-0.2, -0.15) is 9.97 Å². The van der Waals surface area contributed by atoms with Gasteiger partial charge in [0.1, 0.15) is 0 Å². The molecule has 0 bridgehead atoms. The number of nitrogens with one attached hydrogen (secondary N) is 3. The van der Waals surface area contributed by atoms with Crippen LogP contribution in [0, 0.1) is 0 Å². The number of rotatable bonds is 13. The normalized spacial score (nSPS) is 13.0. The SMILES string of the molecule is CC[C@H](CO)Nc1nc(NCc2ccccc2)c2ncn(CCCc3cc(NS(=O)[O-])cs3)c2n1. The first-order chi connectivity index (χ1) is 17.1. The summed E-state index contributed by atoms with van der Waals surface area (Å²) in [6.45, 7) is 3.27. The summed E-state index contributed by atoms with van der Waals surface area (Å²) in [5.41, 5.74) is 3.10. The molecule has 186 valence electrons. The number of nitrogens with zero attached hydrogens (tertiary/aromatic N) is 4. The number of imidazole rings is 1. The number of benzene rings is 1. The predicted molar refractivity (Wildman–Crippen MR) is 139 cm³/mol. The minimum Gasteiger partial charge on any atom is -0.755 e. The zero-order chi connectivity index (χ0) is 24.6. The Bertz CT molecular complexity index is 1260. The summed E-state index contributed by atoms with van der Waals surface area (Å²) in [5.74, 6) is 1.07. The average Bonchev–Trinajstić information content (AvgIpc) is 3.48. The number of aliphatic hydroxyl groups excluding tert-OH is 1. The van der Waals surface area contributed by atoms with Crippen LogP contribution in [0.15, 0.2) is 48.1 Å². The zero-order valence-corrected chi connectivity index (χ0v) is 20.9. The zero-order valence-electron chi connectivity index (χ0n) is 19.3. The average molecular weight is 515 g/mol. The van der Waals surface area contributed by atoms with Crippen molar-refractivity contribution in [1.82, 2.24) is 19.5 Å². The summed E-state index contributed by atoms with van der Waals surface area (Å²) in [4.78, 5) is 15.0. The molecule has 0 amide bonds. The van der Waals surface area contributed by atoms with Gasteiger partial charge in [0.25, 0.3) is 0 Å². The third kappa shape index (κ3) is 6.75. The topological polar surface area (TPSA) is 140 Å². The van der Waals surface area contributed by atoms with E-state index in [0.717, 1.165) is 29.7 Å². The third-order valence-electron chi connectivity index (χ3n) is 5.49. The Kier molecular flexibility index (Phi) is 8.64. The van der Waals surface area contributed by atoms with Crippen molar-refractivity contribution < 1.29 is 13.9 Å². The van der Waals surface area contributed by atoms with E-state index in [0.29, 0.717) is 41.7 Å². The third-order valence-corrected chi connectivity index (χ3v) is 6.89. The van der Waals surface area contributed by atoms with Gasteiger partial charge in [0.2, 0.25) is 5.95 Å². The lowest BCUT2D eigenvalue weighted by Crippen LogP contribution is -2.24. The van der Waals surface area contributed by atoms with Crippen LogP contribution in [0.5, 0.6) is 0 Å². The second kappa shape index (κ2) is 12.1. The Morgan fingerprint density at radius 1 is 1.26 bits per heavy atom. The van der Waals surface area contributed by atoms with Crippen LogP contribution in [0.3, 0.4) is 0 Å². The molecular formula is C23H28N7O3S2-. The maximum Gasteiger partial charge on any atom is 0.227 e. The van der Waals surface area contributed by atoms with Gasteiger partial charge in [-0.15, -0.1) is 11.3 Å². The monoisotopic (exact) mass is 514 g/mol. The lowest BCUT2D eigenvalue weighted by molar-refractivity contribution is 0.271. The van der Waals surface area contributed by atoms with Crippen LogP contribution in [-0.2, 0) is 30.8 Å². The van der Waals surface area contributed by atoms with Gasteiger partial charge in [0, 0.05) is 34.6 Å². The van der Waals surface area contributed by atoms with Crippen LogP contribution < -0.4 is 15.4 Å². The van der Waals surface area contributed by atoms with Crippen LogP contribution in [0.1, 0.15) is 30.2 Å². The Hall–Kier alpha value is -3.06.